The molecule has 3 heterocycles. The maximum Gasteiger partial charge on any atom is 0.250 e. The van der Waals surface area contributed by atoms with Gasteiger partial charge in [-0.15, -0.1) is 0 Å². The summed E-state index contributed by atoms with van der Waals surface area (Å²) in [6.07, 6.45) is 1.03. The SMILES string of the molecule is CNC(=O)[C@@H]1[C@H]2C(=O)N([C@@H](CO)CC(C)C)C(C(=O)Nc3c(C)cccc3C)C23CC(C)[C@@]1(C)O3. The number of para-hydroxylation sites is 1. The van der Waals surface area contributed by atoms with Gasteiger partial charge in [0.05, 0.1) is 30.1 Å². The Hall–Kier alpha value is -2.45. The Morgan fingerprint density at radius 2 is 1.86 bits per heavy atom. The molecule has 3 unspecified atom stereocenters. The van der Waals surface area contributed by atoms with Crippen LogP contribution in [0, 0.1) is 37.5 Å². The molecule has 0 saturated carbocycles. The molecule has 1 spiro atoms. The fourth-order valence-corrected chi connectivity index (χ4v) is 6.95. The third kappa shape index (κ3) is 3.68. The number of carbonyl (C=O) groups is 3. The fourth-order valence-electron chi connectivity index (χ4n) is 6.95. The van der Waals surface area contributed by atoms with Gasteiger partial charge in [0.15, 0.2) is 0 Å². The maximum atomic E-state index is 14.1. The molecule has 3 N–H and O–H groups in total. The lowest BCUT2D eigenvalue weighted by atomic mass is 9.62. The number of likely N-dealkylation sites (tertiary alicyclic amines) is 1. The quantitative estimate of drug-likeness (QED) is 0.550. The van der Waals surface area contributed by atoms with Crippen molar-refractivity contribution in [1.29, 1.82) is 0 Å². The number of hydrogen-bond acceptors (Lipinski definition) is 5. The van der Waals surface area contributed by atoms with E-state index in [9.17, 15) is 19.5 Å². The second-order valence-corrected chi connectivity index (χ2v) is 11.3. The van der Waals surface area contributed by atoms with E-state index in [1.807, 2.05) is 59.7 Å². The Balaban J connectivity index is 1.84. The molecule has 3 saturated heterocycles. The molecular weight excluding hydrogens is 446 g/mol. The van der Waals surface area contributed by atoms with Gasteiger partial charge in [-0.3, -0.25) is 14.4 Å². The predicted octanol–water partition coefficient (Wildman–Crippen LogP) is 2.41. The number of ether oxygens (including phenoxy) is 1. The van der Waals surface area contributed by atoms with E-state index in [-0.39, 0.29) is 36.2 Å². The standard InChI is InChI=1S/C27H39N3O5/c1-14(2)11-18(13-31)30-22(24(33)29-21-15(3)9-8-10-16(21)4)27-12-17(5)26(6,35-27)19(23(32)28-7)20(27)25(30)34/h8-10,14,17-20,22,31H,11-13H2,1-7H3,(H,28,32)(H,29,33)/t17?,18-,19+,20+,22?,26-,27?/m1/s1. The number of amides is 3. The van der Waals surface area contributed by atoms with Crippen molar-refractivity contribution in [2.75, 3.05) is 19.0 Å². The summed E-state index contributed by atoms with van der Waals surface area (Å²) in [7, 11) is 1.56. The van der Waals surface area contributed by atoms with Crippen LogP contribution >= 0.6 is 0 Å². The smallest absolute Gasteiger partial charge is 0.250 e. The predicted molar refractivity (Wildman–Crippen MR) is 133 cm³/mol. The zero-order chi connectivity index (χ0) is 25.9. The zero-order valence-electron chi connectivity index (χ0n) is 21.8. The fraction of sp³-hybridized carbons (Fsp3) is 0.667. The van der Waals surface area contributed by atoms with Crippen molar-refractivity contribution in [2.45, 2.75) is 77.7 Å². The van der Waals surface area contributed by atoms with Crippen LogP contribution in [0.5, 0.6) is 0 Å². The first kappa shape index (κ1) is 25.6. The molecule has 3 aliphatic rings. The van der Waals surface area contributed by atoms with E-state index in [1.54, 1.807) is 11.9 Å². The number of benzene rings is 1. The van der Waals surface area contributed by atoms with Crippen molar-refractivity contribution in [3.8, 4) is 0 Å². The van der Waals surface area contributed by atoms with Gasteiger partial charge in [0.25, 0.3) is 0 Å². The van der Waals surface area contributed by atoms with E-state index in [0.717, 1.165) is 11.1 Å². The largest absolute Gasteiger partial charge is 0.394 e. The van der Waals surface area contributed by atoms with E-state index < -0.39 is 35.1 Å². The van der Waals surface area contributed by atoms with E-state index in [2.05, 4.69) is 10.6 Å². The van der Waals surface area contributed by atoms with Crippen LogP contribution in [0.4, 0.5) is 5.69 Å². The van der Waals surface area contributed by atoms with Gasteiger partial charge in [0.2, 0.25) is 17.7 Å². The van der Waals surface area contributed by atoms with Crippen molar-refractivity contribution >= 4 is 23.4 Å². The van der Waals surface area contributed by atoms with Gasteiger partial charge in [-0.05, 0) is 56.6 Å². The molecular formula is C27H39N3O5. The van der Waals surface area contributed by atoms with Gasteiger partial charge in [-0.2, -0.15) is 0 Å². The summed E-state index contributed by atoms with van der Waals surface area (Å²) in [6, 6.07) is 4.29. The molecule has 35 heavy (non-hydrogen) atoms. The molecule has 1 aromatic carbocycles. The van der Waals surface area contributed by atoms with Crippen molar-refractivity contribution in [3.63, 3.8) is 0 Å². The van der Waals surface area contributed by atoms with Gasteiger partial charge in [-0.25, -0.2) is 0 Å². The van der Waals surface area contributed by atoms with Gasteiger partial charge in [0.1, 0.15) is 11.6 Å². The van der Waals surface area contributed by atoms with Crippen molar-refractivity contribution < 1.29 is 24.2 Å². The highest BCUT2D eigenvalue weighted by Gasteiger charge is 2.80. The lowest BCUT2D eigenvalue weighted by Gasteiger charge is -2.37. The highest BCUT2D eigenvalue weighted by atomic mass is 16.5. The van der Waals surface area contributed by atoms with Gasteiger partial charge in [0, 0.05) is 12.7 Å². The van der Waals surface area contributed by atoms with E-state index >= 15 is 0 Å². The molecule has 4 rings (SSSR count). The first-order valence-corrected chi connectivity index (χ1v) is 12.6. The Morgan fingerprint density at radius 1 is 1.23 bits per heavy atom. The van der Waals surface area contributed by atoms with Crippen molar-refractivity contribution in [1.82, 2.24) is 10.2 Å². The molecule has 3 amide bonds. The van der Waals surface area contributed by atoms with Crippen LogP contribution in [0.25, 0.3) is 0 Å². The Morgan fingerprint density at radius 3 is 2.40 bits per heavy atom. The third-order valence-corrected chi connectivity index (χ3v) is 8.61. The minimum atomic E-state index is -1.13. The van der Waals surface area contributed by atoms with Crippen LogP contribution in [0.2, 0.25) is 0 Å². The lowest BCUT2D eigenvalue weighted by Crippen LogP contribution is -2.56. The van der Waals surface area contributed by atoms with Crippen molar-refractivity contribution in [3.05, 3.63) is 29.3 Å². The average molecular weight is 486 g/mol. The second kappa shape index (κ2) is 8.89. The lowest BCUT2D eigenvalue weighted by molar-refractivity contribution is -0.149. The molecule has 7 atom stereocenters. The molecule has 3 fully saturated rings. The normalized spacial score (nSPS) is 34.3. The van der Waals surface area contributed by atoms with E-state index in [4.69, 9.17) is 4.74 Å². The highest BCUT2D eigenvalue weighted by Crippen LogP contribution is 2.65. The summed E-state index contributed by atoms with van der Waals surface area (Å²) >= 11 is 0. The number of rotatable bonds is 7. The number of carbonyl (C=O) groups excluding carboxylic acids is 3. The second-order valence-electron chi connectivity index (χ2n) is 11.3. The third-order valence-electron chi connectivity index (χ3n) is 8.61. The molecule has 0 aromatic heterocycles. The topological polar surface area (TPSA) is 108 Å². The maximum absolute atomic E-state index is 14.1. The van der Waals surface area contributed by atoms with Crippen LogP contribution < -0.4 is 10.6 Å². The molecule has 0 radical (unpaired) electrons. The molecule has 0 aliphatic carbocycles. The summed E-state index contributed by atoms with van der Waals surface area (Å²) in [6.45, 7) is 11.5. The van der Waals surface area contributed by atoms with Crippen LogP contribution in [-0.2, 0) is 19.1 Å². The Bertz CT molecular complexity index is 1020. The average Bonchev–Trinajstić information content (AvgIpc) is 3.31. The van der Waals surface area contributed by atoms with Crippen LogP contribution in [0.15, 0.2) is 18.2 Å². The van der Waals surface area contributed by atoms with Gasteiger partial charge < -0.3 is 25.4 Å². The van der Waals surface area contributed by atoms with E-state index in [0.29, 0.717) is 18.5 Å². The number of aryl methyl sites for hydroxylation is 2. The molecule has 8 heteroatoms. The number of aliphatic hydroxyl groups excluding tert-OH is 1. The summed E-state index contributed by atoms with van der Waals surface area (Å²) in [5, 5.41) is 16.1. The van der Waals surface area contributed by atoms with Gasteiger partial charge in [-0.1, -0.05) is 39.0 Å². The Kier molecular flexibility index (Phi) is 6.51. The molecule has 192 valence electrons. The molecule has 8 nitrogen and oxygen atoms in total. The molecule has 1 aromatic rings. The van der Waals surface area contributed by atoms with Crippen LogP contribution in [-0.4, -0.2) is 64.7 Å². The zero-order valence-corrected chi connectivity index (χ0v) is 21.8. The monoisotopic (exact) mass is 485 g/mol. The van der Waals surface area contributed by atoms with E-state index in [1.165, 1.54) is 0 Å². The summed E-state index contributed by atoms with van der Waals surface area (Å²) in [5.41, 5.74) is 0.571. The number of anilines is 1. The van der Waals surface area contributed by atoms with Crippen molar-refractivity contribution in [2.24, 2.45) is 23.7 Å². The minimum Gasteiger partial charge on any atom is -0.394 e. The molecule has 2 bridgehead atoms. The number of hydrogen-bond donors (Lipinski definition) is 3. The summed E-state index contributed by atoms with van der Waals surface area (Å²) < 4.78 is 6.69. The Labute approximate surface area is 207 Å². The molecule has 3 aliphatic heterocycles. The number of aliphatic hydroxyl groups is 1. The highest BCUT2D eigenvalue weighted by molar-refractivity contribution is 6.04. The first-order chi connectivity index (χ1) is 16.4. The van der Waals surface area contributed by atoms with Gasteiger partial charge >= 0.3 is 0 Å². The minimum absolute atomic E-state index is 0.0260. The summed E-state index contributed by atoms with van der Waals surface area (Å²) in [4.78, 5) is 42.9. The number of nitrogens with one attached hydrogen (secondary N) is 2. The van der Waals surface area contributed by atoms with Crippen LogP contribution in [0.1, 0.15) is 51.7 Å². The first-order valence-electron chi connectivity index (χ1n) is 12.6. The summed E-state index contributed by atoms with van der Waals surface area (Å²) in [5.74, 6) is -2.18. The number of fused-ring (bicyclic) bond motifs is 1. The van der Waals surface area contributed by atoms with Crippen LogP contribution in [0.3, 0.4) is 0 Å². The number of nitrogens with zero attached hydrogens (tertiary/aromatic N) is 1.